The molecule has 108 valence electrons. The van der Waals surface area contributed by atoms with E-state index in [1.54, 1.807) is 6.08 Å². The van der Waals surface area contributed by atoms with Crippen LogP contribution in [-0.2, 0) is 14.3 Å². The summed E-state index contributed by atoms with van der Waals surface area (Å²) >= 11 is 0. The van der Waals surface area contributed by atoms with Crippen LogP contribution in [0.1, 0.15) is 37.3 Å². The molecule has 0 unspecified atom stereocenters. The Morgan fingerprint density at radius 1 is 1.25 bits per heavy atom. The molecule has 1 amide bonds. The summed E-state index contributed by atoms with van der Waals surface area (Å²) in [7, 11) is 1.32. The van der Waals surface area contributed by atoms with Gasteiger partial charge in [-0.25, -0.2) is 0 Å². The van der Waals surface area contributed by atoms with Crippen molar-refractivity contribution in [2.45, 2.75) is 26.2 Å². The number of methoxy groups -OCH3 is 1. The molecule has 1 rings (SSSR count). The summed E-state index contributed by atoms with van der Waals surface area (Å²) in [5, 5.41) is 2.62. The second-order valence-electron chi connectivity index (χ2n) is 4.77. The Bertz CT molecular complexity index is 475. The smallest absolute Gasteiger partial charge is 0.307 e. The average molecular weight is 275 g/mol. The molecule has 0 fully saturated rings. The standard InChI is InChI=1S/C16H21NO3/c1-12(2)14-7-4-13(5-8-14)6-9-15(18)17-11-10-16(19)20-3/h4-9,12H,10-11H2,1-3H3,(H,17,18). The number of benzene rings is 1. The Labute approximate surface area is 119 Å². The van der Waals surface area contributed by atoms with E-state index in [1.807, 2.05) is 12.1 Å². The van der Waals surface area contributed by atoms with Gasteiger partial charge in [-0.15, -0.1) is 0 Å². The fourth-order valence-electron chi connectivity index (χ4n) is 1.61. The molecule has 4 heteroatoms. The molecule has 4 nitrogen and oxygen atoms in total. The number of esters is 1. The van der Waals surface area contributed by atoms with Gasteiger partial charge in [0.1, 0.15) is 0 Å². The summed E-state index contributed by atoms with van der Waals surface area (Å²) in [5.41, 5.74) is 2.24. The normalized spacial score (nSPS) is 10.8. The van der Waals surface area contributed by atoms with E-state index in [9.17, 15) is 9.59 Å². The highest BCUT2D eigenvalue weighted by Crippen LogP contribution is 2.15. The third-order valence-electron chi connectivity index (χ3n) is 2.89. The molecule has 0 radical (unpaired) electrons. The van der Waals surface area contributed by atoms with E-state index in [-0.39, 0.29) is 24.8 Å². The quantitative estimate of drug-likeness (QED) is 0.641. The number of carbonyl (C=O) groups is 2. The minimum Gasteiger partial charge on any atom is -0.469 e. The van der Waals surface area contributed by atoms with Crippen LogP contribution in [-0.4, -0.2) is 25.5 Å². The fraction of sp³-hybridized carbons (Fsp3) is 0.375. The molecule has 0 atom stereocenters. The van der Waals surface area contributed by atoms with E-state index in [0.29, 0.717) is 5.92 Å². The molecule has 0 bridgehead atoms. The van der Waals surface area contributed by atoms with Crippen molar-refractivity contribution in [2.24, 2.45) is 0 Å². The lowest BCUT2D eigenvalue weighted by molar-refractivity contribution is -0.140. The van der Waals surface area contributed by atoms with Crippen LogP contribution < -0.4 is 5.32 Å². The summed E-state index contributed by atoms with van der Waals surface area (Å²) in [6.07, 6.45) is 3.39. The Balaban J connectivity index is 2.42. The number of hydrogen-bond donors (Lipinski definition) is 1. The van der Waals surface area contributed by atoms with E-state index in [1.165, 1.54) is 18.7 Å². The third kappa shape index (κ3) is 5.69. The monoisotopic (exact) mass is 275 g/mol. The van der Waals surface area contributed by atoms with Gasteiger partial charge in [0, 0.05) is 12.6 Å². The van der Waals surface area contributed by atoms with Crippen LogP contribution in [0.25, 0.3) is 6.08 Å². The molecule has 1 aromatic rings. The predicted molar refractivity (Wildman–Crippen MR) is 79.2 cm³/mol. The number of amides is 1. The number of ether oxygens (including phenoxy) is 1. The van der Waals surface area contributed by atoms with Gasteiger partial charge < -0.3 is 10.1 Å². The van der Waals surface area contributed by atoms with Crippen LogP contribution in [0.3, 0.4) is 0 Å². The molecule has 1 N–H and O–H groups in total. The molecule has 0 aliphatic carbocycles. The molecule has 0 spiro atoms. The molecule has 0 saturated heterocycles. The number of nitrogens with one attached hydrogen (secondary N) is 1. The molecular formula is C16H21NO3. The second-order valence-corrected chi connectivity index (χ2v) is 4.77. The number of hydrogen-bond acceptors (Lipinski definition) is 3. The van der Waals surface area contributed by atoms with Gasteiger partial charge >= 0.3 is 5.97 Å². The van der Waals surface area contributed by atoms with Crippen molar-refractivity contribution in [1.82, 2.24) is 5.32 Å². The van der Waals surface area contributed by atoms with Crippen LogP contribution in [0.2, 0.25) is 0 Å². The van der Waals surface area contributed by atoms with Crippen molar-refractivity contribution in [3.63, 3.8) is 0 Å². The van der Waals surface area contributed by atoms with Gasteiger partial charge in [0.2, 0.25) is 5.91 Å². The minimum absolute atomic E-state index is 0.180. The van der Waals surface area contributed by atoms with Crippen molar-refractivity contribution in [2.75, 3.05) is 13.7 Å². The van der Waals surface area contributed by atoms with Gasteiger partial charge in [-0.1, -0.05) is 38.1 Å². The van der Waals surface area contributed by atoms with Crippen molar-refractivity contribution in [1.29, 1.82) is 0 Å². The van der Waals surface area contributed by atoms with Gasteiger partial charge in [0.25, 0.3) is 0 Å². The van der Waals surface area contributed by atoms with Gasteiger partial charge in [0.05, 0.1) is 13.5 Å². The van der Waals surface area contributed by atoms with Crippen molar-refractivity contribution in [3.8, 4) is 0 Å². The first-order valence-electron chi connectivity index (χ1n) is 6.65. The largest absolute Gasteiger partial charge is 0.469 e. The van der Waals surface area contributed by atoms with E-state index in [4.69, 9.17) is 0 Å². The second kappa shape index (κ2) is 8.15. The predicted octanol–water partition coefficient (Wildman–Crippen LogP) is 2.50. The SMILES string of the molecule is COC(=O)CCNC(=O)C=Cc1ccc(C(C)C)cc1. The summed E-state index contributed by atoms with van der Waals surface area (Å²) < 4.78 is 4.48. The van der Waals surface area contributed by atoms with Gasteiger partial charge in [-0.3, -0.25) is 9.59 Å². The van der Waals surface area contributed by atoms with Crippen LogP contribution in [0, 0.1) is 0 Å². The van der Waals surface area contributed by atoms with E-state index >= 15 is 0 Å². The molecule has 0 aliphatic rings. The highest BCUT2D eigenvalue weighted by atomic mass is 16.5. The maximum absolute atomic E-state index is 11.5. The van der Waals surface area contributed by atoms with Crippen molar-refractivity contribution in [3.05, 3.63) is 41.5 Å². The lowest BCUT2D eigenvalue weighted by Crippen LogP contribution is -2.24. The molecule has 0 saturated carbocycles. The number of carbonyl (C=O) groups excluding carboxylic acids is 2. The maximum Gasteiger partial charge on any atom is 0.307 e. The Kier molecular flexibility index (Phi) is 6.50. The van der Waals surface area contributed by atoms with Crippen LogP contribution >= 0.6 is 0 Å². The first kappa shape index (κ1) is 16.0. The highest BCUT2D eigenvalue weighted by molar-refractivity contribution is 5.91. The van der Waals surface area contributed by atoms with Crippen molar-refractivity contribution >= 4 is 18.0 Å². The lowest BCUT2D eigenvalue weighted by Gasteiger charge is -2.04. The molecule has 0 aromatic heterocycles. The summed E-state index contributed by atoms with van der Waals surface area (Å²) in [5.74, 6) is -0.0601. The van der Waals surface area contributed by atoms with E-state index in [0.717, 1.165) is 5.56 Å². The van der Waals surface area contributed by atoms with E-state index in [2.05, 4.69) is 36.0 Å². The summed E-state index contributed by atoms with van der Waals surface area (Å²) in [6, 6.07) is 8.07. The first-order valence-corrected chi connectivity index (χ1v) is 6.65. The molecular weight excluding hydrogens is 254 g/mol. The zero-order valence-corrected chi connectivity index (χ0v) is 12.2. The molecule has 0 aliphatic heterocycles. The lowest BCUT2D eigenvalue weighted by atomic mass is 10.0. The number of rotatable bonds is 6. The zero-order valence-electron chi connectivity index (χ0n) is 12.2. The van der Waals surface area contributed by atoms with Crippen LogP contribution in [0.4, 0.5) is 0 Å². The summed E-state index contributed by atoms with van der Waals surface area (Å²) in [4.78, 5) is 22.4. The third-order valence-corrected chi connectivity index (χ3v) is 2.89. The first-order chi connectivity index (χ1) is 9.52. The van der Waals surface area contributed by atoms with Crippen LogP contribution in [0.5, 0.6) is 0 Å². The fourth-order valence-corrected chi connectivity index (χ4v) is 1.61. The Hall–Kier alpha value is -2.10. The van der Waals surface area contributed by atoms with E-state index < -0.39 is 0 Å². The van der Waals surface area contributed by atoms with Gasteiger partial charge in [-0.05, 0) is 23.1 Å². The van der Waals surface area contributed by atoms with Gasteiger partial charge in [0.15, 0.2) is 0 Å². The molecule has 1 aromatic carbocycles. The van der Waals surface area contributed by atoms with Crippen molar-refractivity contribution < 1.29 is 14.3 Å². The Morgan fingerprint density at radius 3 is 2.45 bits per heavy atom. The maximum atomic E-state index is 11.5. The topological polar surface area (TPSA) is 55.4 Å². The average Bonchev–Trinajstić information content (AvgIpc) is 2.45. The zero-order chi connectivity index (χ0) is 15.0. The minimum atomic E-state index is -0.335. The molecule has 0 heterocycles. The molecule has 20 heavy (non-hydrogen) atoms. The Morgan fingerprint density at radius 2 is 1.90 bits per heavy atom. The highest BCUT2D eigenvalue weighted by Gasteiger charge is 2.01. The van der Waals surface area contributed by atoms with Crippen LogP contribution in [0.15, 0.2) is 30.3 Å². The summed E-state index contributed by atoms with van der Waals surface area (Å²) in [6.45, 7) is 4.56. The van der Waals surface area contributed by atoms with Gasteiger partial charge in [-0.2, -0.15) is 0 Å².